The van der Waals surface area contributed by atoms with Crippen LogP contribution >= 0.6 is 0 Å². The van der Waals surface area contributed by atoms with Gasteiger partial charge in [0.1, 0.15) is 5.72 Å². The number of sulfonamides is 1. The molecule has 174 valence electrons. The van der Waals surface area contributed by atoms with E-state index >= 15 is 0 Å². The highest BCUT2D eigenvalue weighted by Gasteiger charge is 2.48. The summed E-state index contributed by atoms with van der Waals surface area (Å²) in [7, 11) is -3.72. The minimum atomic E-state index is -3.72. The van der Waals surface area contributed by atoms with Crippen LogP contribution in [0.15, 0.2) is 53.4 Å². The fourth-order valence-electron chi connectivity index (χ4n) is 4.40. The number of nitrogens with zero attached hydrogens (tertiary/aromatic N) is 2. The topological polar surface area (TPSA) is 101 Å². The van der Waals surface area contributed by atoms with E-state index in [-0.39, 0.29) is 35.5 Å². The molecular formula is C24H26N2O6S. The van der Waals surface area contributed by atoms with Crippen molar-refractivity contribution in [2.45, 2.75) is 37.3 Å². The molecule has 2 aromatic rings. The summed E-state index contributed by atoms with van der Waals surface area (Å²) in [5.74, 6) is -0.392. The zero-order chi connectivity index (χ0) is 23.8. The van der Waals surface area contributed by atoms with Crippen LogP contribution in [0.2, 0.25) is 0 Å². The lowest BCUT2D eigenvalue weighted by Crippen LogP contribution is -2.55. The van der Waals surface area contributed by atoms with Crippen LogP contribution in [-0.4, -0.2) is 67.1 Å². The summed E-state index contributed by atoms with van der Waals surface area (Å²) in [6.07, 6.45) is 0.712. The van der Waals surface area contributed by atoms with Gasteiger partial charge in [0, 0.05) is 49.2 Å². The van der Waals surface area contributed by atoms with Crippen LogP contribution in [0.1, 0.15) is 57.8 Å². The molecule has 9 heteroatoms. The number of ketones is 2. The maximum atomic E-state index is 13.2. The molecule has 0 atom stereocenters. The quantitative estimate of drug-likeness (QED) is 0.623. The lowest BCUT2D eigenvalue weighted by Gasteiger charge is -2.43. The number of hydrogen-bond donors (Lipinski definition) is 0. The van der Waals surface area contributed by atoms with Crippen molar-refractivity contribution < 1.29 is 27.5 Å². The molecule has 2 fully saturated rings. The predicted octanol–water partition coefficient (Wildman–Crippen LogP) is 2.75. The Morgan fingerprint density at radius 1 is 0.788 bits per heavy atom. The molecule has 2 aliphatic rings. The molecule has 2 aromatic carbocycles. The molecule has 2 saturated heterocycles. The van der Waals surface area contributed by atoms with E-state index in [4.69, 9.17) is 4.74 Å². The summed E-state index contributed by atoms with van der Waals surface area (Å²) in [5, 5.41) is 0. The van der Waals surface area contributed by atoms with Gasteiger partial charge in [0.25, 0.3) is 5.91 Å². The number of rotatable bonds is 5. The van der Waals surface area contributed by atoms with E-state index in [1.54, 1.807) is 29.2 Å². The number of ether oxygens (including phenoxy) is 1. The van der Waals surface area contributed by atoms with Gasteiger partial charge in [-0.15, -0.1) is 0 Å². The highest BCUT2D eigenvalue weighted by Crippen LogP contribution is 2.37. The molecule has 1 amide bonds. The highest BCUT2D eigenvalue weighted by molar-refractivity contribution is 7.89. The third-order valence-electron chi connectivity index (χ3n) is 6.36. The van der Waals surface area contributed by atoms with Crippen LogP contribution in [0, 0.1) is 0 Å². The van der Waals surface area contributed by atoms with E-state index in [9.17, 15) is 22.8 Å². The highest BCUT2D eigenvalue weighted by atomic mass is 32.2. The normalized spacial score (nSPS) is 18.4. The smallest absolute Gasteiger partial charge is 0.256 e. The minimum absolute atomic E-state index is 0.0699. The standard InChI is InChI=1S/C24H26N2O6S/c1-17(27)19-3-5-21(6-4-19)23(29)26-15-16-32-24(26)11-13-25(14-12-24)33(30,31)22-9-7-20(8-10-22)18(2)28/h3-10H,11-16H2,1-2H3. The molecule has 0 radical (unpaired) electrons. The van der Waals surface area contributed by atoms with Crippen molar-refractivity contribution in [3.63, 3.8) is 0 Å². The molecule has 2 aliphatic heterocycles. The largest absolute Gasteiger partial charge is 0.354 e. The van der Waals surface area contributed by atoms with Gasteiger partial charge in [-0.25, -0.2) is 8.42 Å². The SMILES string of the molecule is CC(=O)c1ccc(C(=O)N2CCOC23CCN(S(=O)(=O)c2ccc(C(C)=O)cc2)CC3)cc1. The first-order valence-electron chi connectivity index (χ1n) is 10.8. The van der Waals surface area contributed by atoms with Gasteiger partial charge in [-0.2, -0.15) is 4.31 Å². The van der Waals surface area contributed by atoms with Gasteiger partial charge < -0.3 is 9.64 Å². The average molecular weight is 471 g/mol. The van der Waals surface area contributed by atoms with Crippen molar-refractivity contribution in [2.75, 3.05) is 26.2 Å². The second kappa shape index (κ2) is 8.81. The number of Topliss-reactive ketones (excluding diaryl/α,β-unsaturated/α-hetero) is 2. The summed E-state index contributed by atoms with van der Waals surface area (Å²) in [4.78, 5) is 38.0. The van der Waals surface area contributed by atoms with Crippen LogP contribution in [0.25, 0.3) is 0 Å². The molecule has 0 bridgehead atoms. The zero-order valence-electron chi connectivity index (χ0n) is 18.6. The van der Waals surface area contributed by atoms with Gasteiger partial charge in [0.05, 0.1) is 11.5 Å². The molecule has 1 spiro atoms. The first-order chi connectivity index (χ1) is 15.6. The molecule has 8 nitrogen and oxygen atoms in total. The zero-order valence-corrected chi connectivity index (χ0v) is 19.4. The van der Waals surface area contributed by atoms with Crippen molar-refractivity contribution in [2.24, 2.45) is 0 Å². The minimum Gasteiger partial charge on any atom is -0.354 e. The molecule has 4 rings (SSSR count). The van der Waals surface area contributed by atoms with Crippen LogP contribution in [0.3, 0.4) is 0 Å². The van der Waals surface area contributed by atoms with E-state index in [2.05, 4.69) is 0 Å². The third-order valence-corrected chi connectivity index (χ3v) is 8.28. The third kappa shape index (κ3) is 4.36. The van der Waals surface area contributed by atoms with Crippen molar-refractivity contribution in [3.05, 3.63) is 65.2 Å². The Balaban J connectivity index is 1.48. The predicted molar refractivity (Wildman–Crippen MR) is 121 cm³/mol. The molecule has 0 unspecified atom stereocenters. The molecule has 0 aliphatic carbocycles. The Hall–Kier alpha value is -2.88. The van der Waals surface area contributed by atoms with Crippen molar-refractivity contribution in [1.82, 2.24) is 9.21 Å². The first-order valence-corrected chi connectivity index (χ1v) is 12.3. The number of amides is 1. The summed E-state index contributed by atoms with van der Waals surface area (Å²) < 4.78 is 33.6. The second-order valence-electron chi connectivity index (χ2n) is 8.37. The van der Waals surface area contributed by atoms with Crippen LogP contribution in [-0.2, 0) is 14.8 Å². The summed E-state index contributed by atoms with van der Waals surface area (Å²) in [5.41, 5.74) is 0.608. The molecular weight excluding hydrogens is 444 g/mol. The summed E-state index contributed by atoms with van der Waals surface area (Å²) in [6, 6.07) is 12.4. The Bertz CT molecular complexity index is 1180. The fourth-order valence-corrected chi connectivity index (χ4v) is 5.84. The van der Waals surface area contributed by atoms with Gasteiger partial charge in [-0.1, -0.05) is 24.3 Å². The average Bonchev–Trinajstić information content (AvgIpc) is 3.21. The number of piperidine rings is 1. The fraction of sp³-hybridized carbons (Fsp3) is 0.375. The number of hydrogen-bond acceptors (Lipinski definition) is 6. The maximum Gasteiger partial charge on any atom is 0.256 e. The first kappa shape index (κ1) is 23.3. The van der Waals surface area contributed by atoms with E-state index in [1.165, 1.54) is 42.4 Å². The Morgan fingerprint density at radius 2 is 1.27 bits per heavy atom. The van der Waals surface area contributed by atoms with Crippen LogP contribution in [0.5, 0.6) is 0 Å². The van der Waals surface area contributed by atoms with Gasteiger partial charge in [0.2, 0.25) is 10.0 Å². The molecule has 0 N–H and O–H groups in total. The van der Waals surface area contributed by atoms with Crippen molar-refractivity contribution in [3.8, 4) is 0 Å². The van der Waals surface area contributed by atoms with Gasteiger partial charge in [0.15, 0.2) is 11.6 Å². The Kier molecular flexibility index (Phi) is 6.22. The number of carbonyl (C=O) groups excluding carboxylic acids is 3. The Labute approximate surface area is 193 Å². The number of benzene rings is 2. The Morgan fingerprint density at radius 3 is 1.79 bits per heavy atom. The molecule has 0 aromatic heterocycles. The lowest BCUT2D eigenvalue weighted by atomic mass is 9.99. The monoisotopic (exact) mass is 470 g/mol. The van der Waals surface area contributed by atoms with E-state index in [0.717, 1.165) is 0 Å². The lowest BCUT2D eigenvalue weighted by molar-refractivity contribution is -0.0962. The second-order valence-corrected chi connectivity index (χ2v) is 10.3. The van der Waals surface area contributed by atoms with Crippen molar-refractivity contribution in [1.29, 1.82) is 0 Å². The maximum absolute atomic E-state index is 13.2. The van der Waals surface area contributed by atoms with Gasteiger partial charge in [-0.3, -0.25) is 14.4 Å². The molecule has 33 heavy (non-hydrogen) atoms. The number of carbonyl (C=O) groups is 3. The molecule has 2 heterocycles. The molecule has 0 saturated carbocycles. The van der Waals surface area contributed by atoms with E-state index in [0.29, 0.717) is 42.7 Å². The van der Waals surface area contributed by atoms with Gasteiger partial charge >= 0.3 is 0 Å². The van der Waals surface area contributed by atoms with Gasteiger partial charge in [-0.05, 0) is 38.1 Å². The summed E-state index contributed by atoms with van der Waals surface area (Å²) in [6.45, 7) is 4.14. The van der Waals surface area contributed by atoms with Crippen LogP contribution < -0.4 is 0 Å². The van der Waals surface area contributed by atoms with E-state index in [1.807, 2.05) is 0 Å². The van der Waals surface area contributed by atoms with Crippen LogP contribution in [0.4, 0.5) is 0 Å². The summed E-state index contributed by atoms with van der Waals surface area (Å²) >= 11 is 0. The van der Waals surface area contributed by atoms with Crippen molar-refractivity contribution >= 4 is 27.5 Å². The van der Waals surface area contributed by atoms with E-state index < -0.39 is 15.7 Å².